The van der Waals surface area contributed by atoms with Crippen molar-refractivity contribution in [2.75, 3.05) is 52.5 Å². The van der Waals surface area contributed by atoms with Crippen LogP contribution in [0.2, 0.25) is 0 Å². The topological polar surface area (TPSA) is 69.1 Å². The number of thiophene rings is 1. The maximum Gasteiger partial charge on any atom is 0.191 e. The van der Waals surface area contributed by atoms with Crippen molar-refractivity contribution >= 4 is 41.3 Å². The summed E-state index contributed by atoms with van der Waals surface area (Å²) >= 11 is 1.89. The lowest BCUT2D eigenvalue weighted by Crippen LogP contribution is -2.43. The third kappa shape index (κ3) is 6.56. The number of fused-ring (bicyclic) bond motifs is 1. The van der Waals surface area contributed by atoms with E-state index in [1.165, 1.54) is 12.0 Å². The second-order valence-electron chi connectivity index (χ2n) is 7.29. The fourth-order valence-electron chi connectivity index (χ4n) is 3.71. The third-order valence-electron chi connectivity index (χ3n) is 5.35. The number of aliphatic hydroxyl groups is 1. The van der Waals surface area contributed by atoms with Crippen molar-refractivity contribution < 1.29 is 9.84 Å². The van der Waals surface area contributed by atoms with Crippen LogP contribution in [0.3, 0.4) is 0 Å². The predicted molar refractivity (Wildman–Crippen MR) is 122 cm³/mol. The predicted octanol–water partition coefficient (Wildman–Crippen LogP) is 2.07. The Morgan fingerprint density at radius 3 is 3.07 bits per heavy atom. The Hall–Kier alpha value is -0.420. The molecular weight excluding hydrogens is 475 g/mol. The van der Waals surface area contributed by atoms with Gasteiger partial charge in [0, 0.05) is 56.2 Å². The smallest absolute Gasteiger partial charge is 0.191 e. The largest absolute Gasteiger partial charge is 0.396 e. The number of guanidine groups is 1. The summed E-state index contributed by atoms with van der Waals surface area (Å²) in [4.78, 5) is 8.84. The van der Waals surface area contributed by atoms with Crippen LogP contribution in [0.4, 0.5) is 0 Å². The van der Waals surface area contributed by atoms with Crippen molar-refractivity contribution in [3.8, 4) is 0 Å². The number of hydrogen-bond donors (Lipinski definition) is 3. The van der Waals surface area contributed by atoms with E-state index in [2.05, 4.69) is 33.9 Å². The molecule has 154 valence electrons. The molecule has 0 radical (unpaired) electrons. The van der Waals surface area contributed by atoms with E-state index in [9.17, 15) is 5.11 Å². The molecule has 2 aliphatic heterocycles. The molecule has 1 saturated heterocycles. The molecule has 6 nitrogen and oxygen atoms in total. The van der Waals surface area contributed by atoms with Gasteiger partial charge in [-0.3, -0.25) is 9.89 Å². The van der Waals surface area contributed by atoms with Gasteiger partial charge in [-0.1, -0.05) is 0 Å². The van der Waals surface area contributed by atoms with E-state index < -0.39 is 0 Å². The van der Waals surface area contributed by atoms with Gasteiger partial charge in [-0.05, 0) is 43.2 Å². The van der Waals surface area contributed by atoms with Crippen molar-refractivity contribution in [1.82, 2.24) is 15.5 Å². The Labute approximate surface area is 183 Å². The van der Waals surface area contributed by atoms with Crippen LogP contribution in [0.25, 0.3) is 0 Å². The zero-order valence-electron chi connectivity index (χ0n) is 16.2. The number of hydrogen-bond acceptors (Lipinski definition) is 5. The van der Waals surface area contributed by atoms with Crippen molar-refractivity contribution in [1.29, 1.82) is 0 Å². The molecule has 0 bridgehead atoms. The maximum atomic E-state index is 9.36. The van der Waals surface area contributed by atoms with E-state index in [4.69, 9.17) is 9.73 Å². The van der Waals surface area contributed by atoms with Crippen LogP contribution in [0.1, 0.15) is 30.2 Å². The molecule has 1 aromatic rings. The molecule has 0 aromatic carbocycles. The summed E-state index contributed by atoms with van der Waals surface area (Å²) in [6.45, 7) is 9.41. The Morgan fingerprint density at radius 1 is 1.44 bits per heavy atom. The zero-order valence-corrected chi connectivity index (χ0v) is 19.4. The molecule has 1 unspecified atom stereocenters. The van der Waals surface area contributed by atoms with E-state index in [1.807, 2.05) is 11.3 Å². The van der Waals surface area contributed by atoms with Crippen molar-refractivity contribution in [3.05, 3.63) is 21.9 Å². The number of nitrogens with one attached hydrogen (secondary N) is 2. The second kappa shape index (κ2) is 11.5. The first-order chi connectivity index (χ1) is 12.7. The number of ether oxygens (including phenoxy) is 1. The number of aliphatic hydroxyl groups excluding tert-OH is 1. The van der Waals surface area contributed by atoms with Crippen LogP contribution in [0.15, 0.2) is 16.4 Å². The van der Waals surface area contributed by atoms with E-state index in [1.54, 1.807) is 4.88 Å². The van der Waals surface area contributed by atoms with Crippen LogP contribution in [-0.4, -0.2) is 68.5 Å². The monoisotopic (exact) mass is 508 g/mol. The lowest BCUT2D eigenvalue weighted by molar-refractivity contribution is 0.131. The summed E-state index contributed by atoms with van der Waals surface area (Å²) in [6, 6.07) is 2.26. The van der Waals surface area contributed by atoms with Gasteiger partial charge in [0.25, 0.3) is 0 Å². The van der Waals surface area contributed by atoms with Gasteiger partial charge >= 0.3 is 0 Å². The molecule has 0 spiro atoms. The Bertz CT molecular complexity index is 590. The van der Waals surface area contributed by atoms with E-state index in [0.29, 0.717) is 13.2 Å². The number of nitrogens with zero attached hydrogens (tertiary/aromatic N) is 2. The molecule has 8 heteroatoms. The summed E-state index contributed by atoms with van der Waals surface area (Å²) in [6.07, 6.45) is 2.91. The summed E-state index contributed by atoms with van der Waals surface area (Å²) < 4.78 is 5.56. The SMILES string of the molecule is CCNC(=NCC1(CCO)CCOC1)NCCN1CCc2sccc2C1.I. The highest BCUT2D eigenvalue weighted by molar-refractivity contribution is 14.0. The van der Waals surface area contributed by atoms with Crippen LogP contribution >= 0.6 is 35.3 Å². The van der Waals surface area contributed by atoms with E-state index in [0.717, 1.165) is 58.1 Å². The van der Waals surface area contributed by atoms with Gasteiger partial charge in [-0.15, -0.1) is 35.3 Å². The van der Waals surface area contributed by atoms with Crippen LogP contribution < -0.4 is 10.6 Å². The first kappa shape index (κ1) is 22.9. The minimum Gasteiger partial charge on any atom is -0.396 e. The van der Waals surface area contributed by atoms with Gasteiger partial charge in [-0.25, -0.2) is 0 Å². The highest BCUT2D eigenvalue weighted by Crippen LogP contribution is 2.32. The standard InChI is InChI=1S/C19H32N4O2S.HI/c1-2-20-18(22-14-19(5-10-24)6-11-25-15-19)21-7-9-23-8-3-17-16(13-23)4-12-26-17;/h4,12,24H,2-3,5-11,13-15H2,1H3,(H2,20,21,22);1H. The molecule has 3 N–H and O–H groups in total. The van der Waals surface area contributed by atoms with Gasteiger partial charge in [-0.2, -0.15) is 0 Å². The average molecular weight is 508 g/mol. The van der Waals surface area contributed by atoms with Crippen LogP contribution in [0.5, 0.6) is 0 Å². The molecule has 3 heterocycles. The molecule has 0 saturated carbocycles. The minimum absolute atomic E-state index is 0. The van der Waals surface area contributed by atoms with Crippen molar-refractivity contribution in [2.45, 2.75) is 32.7 Å². The first-order valence-electron chi connectivity index (χ1n) is 9.73. The summed E-state index contributed by atoms with van der Waals surface area (Å²) in [5.41, 5.74) is 1.49. The highest BCUT2D eigenvalue weighted by atomic mass is 127. The lowest BCUT2D eigenvalue weighted by atomic mass is 9.84. The fraction of sp³-hybridized carbons (Fsp3) is 0.737. The normalized spacial score (nSPS) is 23.0. The van der Waals surface area contributed by atoms with Gasteiger partial charge in [0.15, 0.2) is 5.96 Å². The maximum absolute atomic E-state index is 9.36. The van der Waals surface area contributed by atoms with Gasteiger partial charge in [0.1, 0.15) is 0 Å². The average Bonchev–Trinajstić information content (AvgIpc) is 3.29. The number of aliphatic imine (C=N–C) groups is 1. The number of rotatable bonds is 8. The molecule has 2 aliphatic rings. The molecular formula is C19H33IN4O2S. The summed E-state index contributed by atoms with van der Waals surface area (Å²) in [7, 11) is 0. The molecule has 1 fully saturated rings. The molecule has 1 atom stereocenters. The quantitative estimate of drug-likeness (QED) is 0.285. The van der Waals surface area contributed by atoms with Gasteiger partial charge < -0.3 is 20.5 Å². The Balaban J connectivity index is 0.00000261. The number of halogens is 1. The first-order valence-corrected chi connectivity index (χ1v) is 10.6. The fourth-order valence-corrected chi connectivity index (χ4v) is 4.60. The molecule has 1 aromatic heterocycles. The van der Waals surface area contributed by atoms with E-state index >= 15 is 0 Å². The molecule has 0 aliphatic carbocycles. The molecule has 0 amide bonds. The van der Waals surface area contributed by atoms with Crippen molar-refractivity contribution in [2.24, 2.45) is 10.4 Å². The molecule has 27 heavy (non-hydrogen) atoms. The summed E-state index contributed by atoms with van der Waals surface area (Å²) in [5, 5.41) is 18.4. The second-order valence-corrected chi connectivity index (χ2v) is 8.29. The van der Waals surface area contributed by atoms with E-state index in [-0.39, 0.29) is 36.0 Å². The van der Waals surface area contributed by atoms with Crippen LogP contribution in [-0.2, 0) is 17.7 Å². The summed E-state index contributed by atoms with van der Waals surface area (Å²) in [5.74, 6) is 0.866. The third-order valence-corrected chi connectivity index (χ3v) is 6.37. The highest BCUT2D eigenvalue weighted by Gasteiger charge is 2.34. The van der Waals surface area contributed by atoms with Crippen LogP contribution in [0, 0.1) is 5.41 Å². The zero-order chi connectivity index (χ0) is 18.2. The Kier molecular flexibility index (Phi) is 9.78. The minimum atomic E-state index is -0.000673. The van der Waals surface area contributed by atoms with Gasteiger partial charge in [0.05, 0.1) is 13.2 Å². The van der Waals surface area contributed by atoms with Gasteiger partial charge in [0.2, 0.25) is 0 Å². The molecule has 3 rings (SSSR count). The Morgan fingerprint density at radius 2 is 2.33 bits per heavy atom. The van der Waals surface area contributed by atoms with Crippen molar-refractivity contribution in [3.63, 3.8) is 0 Å². The lowest BCUT2D eigenvalue weighted by Gasteiger charge is -2.27.